The van der Waals surface area contributed by atoms with E-state index in [0.29, 0.717) is 56.1 Å². The Hall–Kier alpha value is -3.23. The van der Waals surface area contributed by atoms with Gasteiger partial charge in [-0.2, -0.15) is 0 Å². The summed E-state index contributed by atoms with van der Waals surface area (Å²) in [6.07, 6.45) is 0. The molecule has 164 valence electrons. The van der Waals surface area contributed by atoms with Gasteiger partial charge in [-0.1, -0.05) is 27.5 Å². The van der Waals surface area contributed by atoms with Crippen LogP contribution in [0.1, 0.15) is 10.4 Å². The van der Waals surface area contributed by atoms with Gasteiger partial charge in [0.05, 0.1) is 31.9 Å². The maximum absolute atomic E-state index is 12.9. The number of oxazole rings is 1. The van der Waals surface area contributed by atoms with E-state index in [4.69, 9.17) is 30.2 Å². The van der Waals surface area contributed by atoms with Crippen molar-refractivity contribution in [3.05, 3.63) is 63.6 Å². The van der Waals surface area contributed by atoms with Gasteiger partial charge in [0, 0.05) is 15.7 Å². The number of ether oxygens (including phenoxy) is 3. The third-order valence-electron chi connectivity index (χ3n) is 4.73. The Balaban J connectivity index is 1.64. The molecule has 32 heavy (non-hydrogen) atoms. The van der Waals surface area contributed by atoms with E-state index < -0.39 is 0 Å². The Kier molecular flexibility index (Phi) is 6.25. The number of benzene rings is 3. The first-order chi connectivity index (χ1) is 15.4. The molecule has 4 rings (SSSR count). The highest BCUT2D eigenvalue weighted by molar-refractivity contribution is 9.10. The monoisotopic (exact) mass is 516 g/mol. The molecule has 1 heterocycles. The molecule has 0 unspecified atom stereocenters. The van der Waals surface area contributed by atoms with Crippen LogP contribution in [0.3, 0.4) is 0 Å². The molecule has 1 N–H and O–H groups in total. The van der Waals surface area contributed by atoms with Crippen molar-refractivity contribution in [2.45, 2.75) is 0 Å². The number of amides is 1. The molecule has 0 saturated heterocycles. The molecule has 0 fully saturated rings. The van der Waals surface area contributed by atoms with Crippen molar-refractivity contribution in [1.29, 1.82) is 0 Å². The fourth-order valence-electron chi connectivity index (χ4n) is 3.20. The number of nitrogens with one attached hydrogen (secondary N) is 1. The average Bonchev–Trinajstić information content (AvgIpc) is 3.22. The highest BCUT2D eigenvalue weighted by atomic mass is 79.9. The molecule has 0 atom stereocenters. The van der Waals surface area contributed by atoms with Gasteiger partial charge in [0.15, 0.2) is 17.1 Å². The van der Waals surface area contributed by atoms with Gasteiger partial charge >= 0.3 is 0 Å². The van der Waals surface area contributed by atoms with E-state index in [0.717, 1.165) is 4.47 Å². The van der Waals surface area contributed by atoms with Crippen molar-refractivity contribution in [3.8, 4) is 28.7 Å². The number of fused-ring (bicyclic) bond motifs is 1. The van der Waals surface area contributed by atoms with E-state index in [1.807, 2.05) is 12.1 Å². The van der Waals surface area contributed by atoms with Gasteiger partial charge < -0.3 is 23.9 Å². The van der Waals surface area contributed by atoms with E-state index in [-0.39, 0.29) is 5.91 Å². The van der Waals surface area contributed by atoms with Crippen LogP contribution < -0.4 is 19.5 Å². The standard InChI is InChI=1S/C23H18BrClN2O5/c1-29-19-8-12(9-20(30-2)21(19)31-3)22(28)26-14-5-7-18-17(11-14)27-23(32-18)15-10-13(24)4-6-16(15)25/h4-11H,1-3H3,(H,26,28). The fraction of sp³-hybridized carbons (Fsp3) is 0.130. The van der Waals surface area contributed by atoms with Crippen LogP contribution in [-0.2, 0) is 0 Å². The molecule has 0 aliphatic rings. The van der Waals surface area contributed by atoms with Crippen LogP contribution in [0.25, 0.3) is 22.6 Å². The van der Waals surface area contributed by atoms with E-state index in [1.54, 1.807) is 36.4 Å². The maximum atomic E-state index is 12.9. The van der Waals surface area contributed by atoms with Gasteiger partial charge in [0.1, 0.15) is 5.52 Å². The lowest BCUT2D eigenvalue weighted by Gasteiger charge is -2.14. The minimum absolute atomic E-state index is 0.345. The minimum atomic E-state index is -0.345. The number of hydrogen-bond donors (Lipinski definition) is 1. The van der Waals surface area contributed by atoms with Crippen LogP contribution in [0.15, 0.2) is 57.4 Å². The quantitative estimate of drug-likeness (QED) is 0.328. The zero-order valence-electron chi connectivity index (χ0n) is 17.4. The lowest BCUT2D eigenvalue weighted by molar-refractivity contribution is 0.102. The zero-order chi connectivity index (χ0) is 22.8. The molecule has 3 aromatic carbocycles. The highest BCUT2D eigenvalue weighted by Gasteiger charge is 2.18. The van der Waals surface area contributed by atoms with Crippen LogP contribution in [0.5, 0.6) is 17.2 Å². The van der Waals surface area contributed by atoms with Crippen molar-refractivity contribution in [3.63, 3.8) is 0 Å². The summed E-state index contributed by atoms with van der Waals surface area (Å²) in [4.78, 5) is 17.4. The van der Waals surface area contributed by atoms with Crippen molar-refractivity contribution in [2.75, 3.05) is 26.6 Å². The molecule has 1 amide bonds. The van der Waals surface area contributed by atoms with Gasteiger partial charge in [-0.3, -0.25) is 4.79 Å². The Morgan fingerprint density at radius 1 is 1.00 bits per heavy atom. The molecule has 0 bridgehead atoms. The average molecular weight is 518 g/mol. The topological polar surface area (TPSA) is 82.8 Å². The lowest BCUT2D eigenvalue weighted by Crippen LogP contribution is -2.12. The first-order valence-electron chi connectivity index (χ1n) is 9.41. The van der Waals surface area contributed by atoms with Crippen molar-refractivity contribution >= 4 is 50.2 Å². The summed E-state index contributed by atoms with van der Waals surface area (Å²) >= 11 is 9.72. The summed E-state index contributed by atoms with van der Waals surface area (Å²) in [5.41, 5.74) is 2.72. The molecular weight excluding hydrogens is 500 g/mol. The highest BCUT2D eigenvalue weighted by Crippen LogP contribution is 2.38. The SMILES string of the molecule is COc1cc(C(=O)Nc2ccc3oc(-c4cc(Br)ccc4Cl)nc3c2)cc(OC)c1OC. The van der Waals surface area contributed by atoms with E-state index in [2.05, 4.69) is 26.2 Å². The molecule has 7 nitrogen and oxygen atoms in total. The molecule has 0 aliphatic carbocycles. The summed E-state index contributed by atoms with van der Waals surface area (Å²) in [5.74, 6) is 1.23. The second-order valence-electron chi connectivity index (χ2n) is 6.69. The van der Waals surface area contributed by atoms with Crippen molar-refractivity contribution in [2.24, 2.45) is 0 Å². The van der Waals surface area contributed by atoms with E-state index in [1.165, 1.54) is 21.3 Å². The largest absolute Gasteiger partial charge is 0.493 e. The second kappa shape index (κ2) is 9.10. The van der Waals surface area contributed by atoms with Crippen LogP contribution >= 0.6 is 27.5 Å². The van der Waals surface area contributed by atoms with Crippen LogP contribution in [-0.4, -0.2) is 32.2 Å². The van der Waals surface area contributed by atoms with Crippen LogP contribution in [0.4, 0.5) is 5.69 Å². The number of carbonyl (C=O) groups excluding carboxylic acids is 1. The lowest BCUT2D eigenvalue weighted by atomic mass is 10.1. The molecule has 0 saturated carbocycles. The molecule has 0 radical (unpaired) electrons. The summed E-state index contributed by atoms with van der Waals surface area (Å²) in [5, 5.41) is 3.38. The summed E-state index contributed by atoms with van der Waals surface area (Å²) in [6.45, 7) is 0. The molecule has 4 aromatic rings. The van der Waals surface area contributed by atoms with Gasteiger partial charge in [0.2, 0.25) is 11.6 Å². The molecule has 0 aliphatic heterocycles. The zero-order valence-corrected chi connectivity index (χ0v) is 19.7. The Bertz CT molecular complexity index is 1300. The van der Waals surface area contributed by atoms with E-state index in [9.17, 15) is 4.79 Å². The second-order valence-corrected chi connectivity index (χ2v) is 8.02. The first-order valence-corrected chi connectivity index (χ1v) is 10.6. The number of methoxy groups -OCH3 is 3. The summed E-state index contributed by atoms with van der Waals surface area (Å²) in [7, 11) is 4.49. The Labute approximate surface area is 197 Å². The smallest absolute Gasteiger partial charge is 0.255 e. The third kappa shape index (κ3) is 4.24. The normalized spacial score (nSPS) is 10.8. The molecular formula is C23H18BrClN2O5. The summed E-state index contributed by atoms with van der Waals surface area (Å²) in [6, 6.07) is 13.8. The third-order valence-corrected chi connectivity index (χ3v) is 5.55. The van der Waals surface area contributed by atoms with Gasteiger partial charge in [-0.15, -0.1) is 0 Å². The van der Waals surface area contributed by atoms with Crippen LogP contribution in [0.2, 0.25) is 5.02 Å². The van der Waals surface area contributed by atoms with Crippen LogP contribution in [0, 0.1) is 0 Å². The molecule has 0 spiro atoms. The number of hydrogen-bond acceptors (Lipinski definition) is 6. The number of nitrogens with zero attached hydrogens (tertiary/aromatic N) is 1. The molecule has 9 heteroatoms. The number of anilines is 1. The van der Waals surface area contributed by atoms with Crippen molar-refractivity contribution < 1.29 is 23.4 Å². The van der Waals surface area contributed by atoms with Gasteiger partial charge in [-0.25, -0.2) is 4.98 Å². The maximum Gasteiger partial charge on any atom is 0.255 e. The fourth-order valence-corrected chi connectivity index (χ4v) is 3.76. The Morgan fingerprint density at radius 3 is 2.38 bits per heavy atom. The van der Waals surface area contributed by atoms with Crippen molar-refractivity contribution in [1.82, 2.24) is 4.98 Å². The van der Waals surface area contributed by atoms with Gasteiger partial charge in [0.25, 0.3) is 5.91 Å². The predicted octanol–water partition coefficient (Wildman–Crippen LogP) is 6.19. The first kappa shape index (κ1) is 22.0. The molecule has 1 aromatic heterocycles. The van der Waals surface area contributed by atoms with Gasteiger partial charge in [-0.05, 0) is 48.5 Å². The number of aromatic nitrogens is 1. The summed E-state index contributed by atoms with van der Waals surface area (Å²) < 4.78 is 22.6. The number of carbonyl (C=O) groups is 1. The predicted molar refractivity (Wildman–Crippen MR) is 126 cm³/mol. The number of halogens is 2. The van der Waals surface area contributed by atoms with E-state index >= 15 is 0 Å². The Morgan fingerprint density at radius 2 is 1.72 bits per heavy atom. The minimum Gasteiger partial charge on any atom is -0.493 e. The number of rotatable bonds is 6.